The van der Waals surface area contributed by atoms with Crippen LogP contribution in [-0.2, 0) is 4.79 Å². The van der Waals surface area contributed by atoms with Crippen molar-refractivity contribution >= 4 is 11.6 Å². The number of carbonyl (C=O) groups excluding carboxylic acids is 1. The maximum Gasteiger partial charge on any atom is 0.241 e. The number of nitrogens with one attached hydrogen (secondary N) is 2. The van der Waals surface area contributed by atoms with Crippen LogP contribution in [0.15, 0.2) is 18.2 Å². The van der Waals surface area contributed by atoms with Crippen molar-refractivity contribution in [1.29, 1.82) is 0 Å². The minimum atomic E-state index is -0.281. The van der Waals surface area contributed by atoms with Gasteiger partial charge in [0.1, 0.15) is 5.82 Å². The molecule has 4 heteroatoms. The van der Waals surface area contributed by atoms with Gasteiger partial charge in [-0.1, -0.05) is 18.9 Å². The first-order valence-electron chi connectivity index (χ1n) is 7.96. The molecule has 1 aliphatic carbocycles. The van der Waals surface area contributed by atoms with E-state index < -0.39 is 0 Å². The first-order chi connectivity index (χ1) is 10.1. The molecule has 2 aliphatic rings. The smallest absolute Gasteiger partial charge is 0.241 e. The lowest BCUT2D eigenvalue weighted by Gasteiger charge is -2.39. The number of rotatable bonds is 2. The van der Waals surface area contributed by atoms with Gasteiger partial charge in [-0.2, -0.15) is 0 Å². The number of hydrogen-bond donors (Lipinski definition) is 2. The molecule has 0 bridgehead atoms. The van der Waals surface area contributed by atoms with Gasteiger partial charge in [-0.3, -0.25) is 4.79 Å². The van der Waals surface area contributed by atoms with E-state index in [0.717, 1.165) is 18.8 Å². The molecule has 0 radical (unpaired) electrons. The van der Waals surface area contributed by atoms with Crippen molar-refractivity contribution in [3.05, 3.63) is 29.6 Å². The van der Waals surface area contributed by atoms with E-state index in [1.165, 1.54) is 31.7 Å². The van der Waals surface area contributed by atoms with E-state index in [0.29, 0.717) is 17.3 Å². The van der Waals surface area contributed by atoms with E-state index in [1.54, 1.807) is 19.1 Å². The van der Waals surface area contributed by atoms with E-state index in [4.69, 9.17) is 0 Å². The van der Waals surface area contributed by atoms with Crippen molar-refractivity contribution < 1.29 is 9.18 Å². The van der Waals surface area contributed by atoms with Gasteiger partial charge < -0.3 is 10.6 Å². The van der Waals surface area contributed by atoms with Gasteiger partial charge in [0.2, 0.25) is 5.91 Å². The minimum absolute atomic E-state index is 0.0396. The zero-order valence-corrected chi connectivity index (χ0v) is 12.5. The normalized spacial score (nSPS) is 28.8. The third-order valence-electron chi connectivity index (χ3n) is 4.91. The van der Waals surface area contributed by atoms with E-state index in [-0.39, 0.29) is 17.8 Å². The summed E-state index contributed by atoms with van der Waals surface area (Å²) in [5, 5.41) is 6.33. The standard InChI is InChI=1S/C17H23FN2O/c1-11-6-8-13(10-14(11)18)19-17(21)16-9-7-12-4-2-3-5-15(12)20-16/h6,8,10,12,15-16,20H,2-5,7,9H2,1H3,(H,19,21). The second-order valence-corrected chi connectivity index (χ2v) is 6.40. The molecule has 0 aromatic heterocycles. The summed E-state index contributed by atoms with van der Waals surface area (Å²) in [6.45, 7) is 1.72. The van der Waals surface area contributed by atoms with Gasteiger partial charge >= 0.3 is 0 Å². The molecule has 1 heterocycles. The number of halogens is 1. The molecule has 2 N–H and O–H groups in total. The van der Waals surface area contributed by atoms with Crippen LogP contribution in [0.5, 0.6) is 0 Å². The van der Waals surface area contributed by atoms with Crippen LogP contribution in [0, 0.1) is 18.7 Å². The highest BCUT2D eigenvalue weighted by Crippen LogP contribution is 2.32. The average Bonchev–Trinajstić information content (AvgIpc) is 2.50. The minimum Gasteiger partial charge on any atom is -0.325 e. The molecule has 21 heavy (non-hydrogen) atoms. The Labute approximate surface area is 125 Å². The zero-order valence-electron chi connectivity index (χ0n) is 12.5. The Kier molecular flexibility index (Phi) is 4.24. The summed E-state index contributed by atoms with van der Waals surface area (Å²) in [4.78, 5) is 12.3. The zero-order chi connectivity index (χ0) is 14.8. The predicted octanol–water partition coefficient (Wildman–Crippen LogP) is 3.38. The van der Waals surface area contributed by atoms with Crippen LogP contribution in [0.4, 0.5) is 10.1 Å². The number of hydrogen-bond acceptors (Lipinski definition) is 2. The summed E-state index contributed by atoms with van der Waals surface area (Å²) >= 11 is 0. The third-order valence-corrected chi connectivity index (χ3v) is 4.91. The highest BCUT2D eigenvalue weighted by molar-refractivity contribution is 5.94. The number of aryl methyl sites for hydroxylation is 1. The second kappa shape index (κ2) is 6.14. The van der Waals surface area contributed by atoms with Crippen molar-refractivity contribution in [2.75, 3.05) is 5.32 Å². The van der Waals surface area contributed by atoms with Gasteiger partial charge in [0.05, 0.1) is 6.04 Å². The molecule has 114 valence electrons. The van der Waals surface area contributed by atoms with Gasteiger partial charge in [-0.05, 0) is 56.2 Å². The van der Waals surface area contributed by atoms with Crippen molar-refractivity contribution in [1.82, 2.24) is 5.32 Å². The van der Waals surface area contributed by atoms with Crippen LogP contribution in [0.1, 0.15) is 44.1 Å². The van der Waals surface area contributed by atoms with Gasteiger partial charge in [-0.25, -0.2) is 4.39 Å². The first-order valence-corrected chi connectivity index (χ1v) is 7.96. The lowest BCUT2D eigenvalue weighted by Crippen LogP contribution is -2.53. The maximum absolute atomic E-state index is 13.5. The Bertz CT molecular complexity index is 532. The fraction of sp³-hybridized carbons (Fsp3) is 0.588. The molecule has 1 aliphatic heterocycles. The van der Waals surface area contributed by atoms with E-state index in [2.05, 4.69) is 10.6 Å². The number of amides is 1. The number of benzene rings is 1. The Hall–Kier alpha value is -1.42. The number of anilines is 1. The van der Waals surface area contributed by atoms with E-state index >= 15 is 0 Å². The second-order valence-electron chi connectivity index (χ2n) is 6.40. The molecule has 3 atom stereocenters. The monoisotopic (exact) mass is 290 g/mol. The molecule has 3 unspecified atom stereocenters. The van der Waals surface area contributed by atoms with E-state index in [1.807, 2.05) is 0 Å². The summed E-state index contributed by atoms with van der Waals surface area (Å²) in [5.41, 5.74) is 1.13. The number of fused-ring (bicyclic) bond motifs is 1. The molecule has 1 aromatic rings. The molecule has 1 saturated heterocycles. The van der Waals surface area contributed by atoms with Gasteiger partial charge in [0, 0.05) is 11.7 Å². The summed E-state index contributed by atoms with van der Waals surface area (Å²) in [6, 6.07) is 5.17. The van der Waals surface area contributed by atoms with Crippen LogP contribution < -0.4 is 10.6 Å². The lowest BCUT2D eigenvalue weighted by atomic mass is 9.77. The molecule has 3 nitrogen and oxygen atoms in total. The highest BCUT2D eigenvalue weighted by Gasteiger charge is 2.34. The number of piperidine rings is 1. The van der Waals surface area contributed by atoms with Crippen LogP contribution >= 0.6 is 0 Å². The van der Waals surface area contributed by atoms with E-state index in [9.17, 15) is 9.18 Å². The average molecular weight is 290 g/mol. The Morgan fingerprint density at radius 2 is 2.05 bits per heavy atom. The molecule has 1 saturated carbocycles. The number of carbonyl (C=O) groups is 1. The van der Waals surface area contributed by atoms with Crippen LogP contribution in [0.3, 0.4) is 0 Å². The van der Waals surface area contributed by atoms with Crippen molar-refractivity contribution in [3.8, 4) is 0 Å². The SMILES string of the molecule is Cc1ccc(NC(=O)C2CCC3CCCCC3N2)cc1F. The summed E-state index contributed by atoms with van der Waals surface area (Å²) in [5.74, 6) is 0.415. The van der Waals surface area contributed by atoms with Crippen LogP contribution in [0.25, 0.3) is 0 Å². The quantitative estimate of drug-likeness (QED) is 0.876. The molecule has 0 spiro atoms. The third kappa shape index (κ3) is 3.26. The Morgan fingerprint density at radius 1 is 1.24 bits per heavy atom. The molecule has 1 amide bonds. The topological polar surface area (TPSA) is 41.1 Å². The maximum atomic E-state index is 13.5. The first kappa shape index (κ1) is 14.5. The Morgan fingerprint density at radius 3 is 2.86 bits per heavy atom. The summed E-state index contributed by atoms with van der Waals surface area (Å²) in [7, 11) is 0. The predicted molar refractivity (Wildman–Crippen MR) is 81.7 cm³/mol. The van der Waals surface area contributed by atoms with Crippen molar-refractivity contribution in [2.45, 2.75) is 57.5 Å². The van der Waals surface area contributed by atoms with Gasteiger partial charge in [-0.15, -0.1) is 0 Å². The molecular formula is C17H23FN2O. The summed E-state index contributed by atoms with van der Waals surface area (Å²) < 4.78 is 13.5. The largest absolute Gasteiger partial charge is 0.325 e. The molecule has 2 fully saturated rings. The van der Waals surface area contributed by atoms with Crippen molar-refractivity contribution in [2.24, 2.45) is 5.92 Å². The highest BCUT2D eigenvalue weighted by atomic mass is 19.1. The Balaban J connectivity index is 1.61. The molecule has 3 rings (SSSR count). The fourth-order valence-corrected chi connectivity index (χ4v) is 3.60. The van der Waals surface area contributed by atoms with Crippen LogP contribution in [-0.4, -0.2) is 18.0 Å². The fourth-order valence-electron chi connectivity index (χ4n) is 3.60. The van der Waals surface area contributed by atoms with Gasteiger partial charge in [0.25, 0.3) is 0 Å². The lowest BCUT2D eigenvalue weighted by molar-refractivity contribution is -0.119. The summed E-state index contributed by atoms with van der Waals surface area (Å²) in [6.07, 6.45) is 7.04. The van der Waals surface area contributed by atoms with Gasteiger partial charge in [0.15, 0.2) is 0 Å². The molecular weight excluding hydrogens is 267 g/mol. The van der Waals surface area contributed by atoms with Crippen molar-refractivity contribution in [3.63, 3.8) is 0 Å². The molecule has 1 aromatic carbocycles. The van der Waals surface area contributed by atoms with Crippen LogP contribution in [0.2, 0.25) is 0 Å².